The SMILES string of the molecule is O=C(NCc1cccc(-c2ccc([C@@H]3O[C@H](CSc4nc5ccccc5s4)C[C@H](c4ccc(CO)cc4)O3)cc2)c1)c1cccnc1. The number of rotatable bonds is 10. The summed E-state index contributed by atoms with van der Waals surface area (Å²) in [5.74, 6) is 0.604. The predicted molar refractivity (Wildman–Crippen MR) is 186 cm³/mol. The van der Waals surface area contributed by atoms with Gasteiger partial charge in [-0.15, -0.1) is 11.3 Å². The summed E-state index contributed by atoms with van der Waals surface area (Å²) in [7, 11) is 0. The van der Waals surface area contributed by atoms with Crippen LogP contribution in [0.2, 0.25) is 0 Å². The van der Waals surface area contributed by atoms with E-state index in [0.717, 1.165) is 55.4 Å². The third kappa shape index (κ3) is 7.62. The molecule has 0 aliphatic carbocycles. The van der Waals surface area contributed by atoms with E-state index in [2.05, 4.69) is 52.8 Å². The molecule has 1 aliphatic heterocycles. The zero-order valence-electron chi connectivity index (χ0n) is 25.5. The molecule has 9 heteroatoms. The van der Waals surface area contributed by atoms with Gasteiger partial charge in [0.25, 0.3) is 5.91 Å². The molecule has 1 saturated heterocycles. The molecule has 0 saturated carbocycles. The van der Waals surface area contributed by atoms with Crippen LogP contribution in [0.5, 0.6) is 0 Å². The number of benzene rings is 4. The van der Waals surface area contributed by atoms with Gasteiger partial charge in [0.05, 0.1) is 34.6 Å². The van der Waals surface area contributed by atoms with Gasteiger partial charge in [-0.3, -0.25) is 9.78 Å². The van der Waals surface area contributed by atoms with E-state index in [1.807, 2.05) is 54.6 Å². The summed E-state index contributed by atoms with van der Waals surface area (Å²) in [6.07, 6.45) is 3.19. The number of nitrogens with zero attached hydrogens (tertiary/aromatic N) is 2. The number of aromatic nitrogens is 2. The van der Waals surface area contributed by atoms with E-state index in [0.29, 0.717) is 12.1 Å². The predicted octanol–water partition coefficient (Wildman–Crippen LogP) is 8.12. The van der Waals surface area contributed by atoms with E-state index in [1.165, 1.54) is 4.70 Å². The third-order valence-corrected chi connectivity index (χ3v) is 10.4. The van der Waals surface area contributed by atoms with Crippen LogP contribution in [-0.4, -0.2) is 32.8 Å². The maximum Gasteiger partial charge on any atom is 0.253 e. The fourth-order valence-electron chi connectivity index (χ4n) is 5.57. The molecule has 0 bridgehead atoms. The van der Waals surface area contributed by atoms with Crippen LogP contribution in [0.25, 0.3) is 21.3 Å². The van der Waals surface area contributed by atoms with Gasteiger partial charge in [0, 0.05) is 36.7 Å². The second-order valence-electron chi connectivity index (χ2n) is 11.4. The van der Waals surface area contributed by atoms with Crippen molar-refractivity contribution < 1.29 is 19.4 Å². The van der Waals surface area contributed by atoms with Crippen LogP contribution in [0.4, 0.5) is 0 Å². The van der Waals surface area contributed by atoms with Crippen LogP contribution < -0.4 is 5.32 Å². The Bertz CT molecular complexity index is 1920. The molecule has 3 atom stereocenters. The summed E-state index contributed by atoms with van der Waals surface area (Å²) < 4.78 is 15.4. The average molecular weight is 660 g/mol. The molecule has 6 aromatic rings. The zero-order chi connectivity index (χ0) is 32.0. The van der Waals surface area contributed by atoms with E-state index < -0.39 is 6.29 Å². The smallest absolute Gasteiger partial charge is 0.253 e. The highest BCUT2D eigenvalue weighted by atomic mass is 32.2. The first-order valence-electron chi connectivity index (χ1n) is 15.5. The number of nitrogens with one attached hydrogen (secondary N) is 1. The van der Waals surface area contributed by atoms with Crippen LogP contribution >= 0.6 is 23.1 Å². The van der Waals surface area contributed by atoms with Crippen LogP contribution in [0.1, 0.15) is 51.4 Å². The number of carbonyl (C=O) groups is 1. The lowest BCUT2D eigenvalue weighted by Gasteiger charge is -2.36. The number of fused-ring (bicyclic) bond motifs is 1. The van der Waals surface area contributed by atoms with Crippen LogP contribution in [-0.2, 0) is 22.6 Å². The molecule has 0 radical (unpaired) electrons. The molecule has 2 N–H and O–H groups in total. The highest BCUT2D eigenvalue weighted by Crippen LogP contribution is 2.40. The lowest BCUT2D eigenvalue weighted by molar-refractivity contribution is -0.245. The Balaban J connectivity index is 1.06. The summed E-state index contributed by atoms with van der Waals surface area (Å²) in [5.41, 5.74) is 7.56. The van der Waals surface area contributed by atoms with Gasteiger partial charge in [0.1, 0.15) is 0 Å². The molecule has 236 valence electrons. The monoisotopic (exact) mass is 659 g/mol. The fraction of sp³-hybridized carbons (Fsp3) is 0.184. The van der Waals surface area contributed by atoms with Gasteiger partial charge in [-0.2, -0.15) is 0 Å². The van der Waals surface area contributed by atoms with Gasteiger partial charge in [0.2, 0.25) is 0 Å². The molecular formula is C38H33N3O4S2. The number of para-hydroxylation sites is 1. The first kappa shape index (κ1) is 31.2. The second kappa shape index (κ2) is 14.6. The number of thiazole rings is 1. The Morgan fingerprint density at radius 1 is 0.872 bits per heavy atom. The van der Waals surface area contributed by atoms with Gasteiger partial charge < -0.3 is 19.9 Å². The van der Waals surface area contributed by atoms with Crippen LogP contribution in [0.3, 0.4) is 0 Å². The molecule has 7 rings (SSSR count). The Morgan fingerprint density at radius 2 is 1.70 bits per heavy atom. The Kier molecular flexibility index (Phi) is 9.69. The van der Waals surface area contributed by atoms with E-state index >= 15 is 0 Å². The minimum Gasteiger partial charge on any atom is -0.392 e. The molecule has 47 heavy (non-hydrogen) atoms. The lowest BCUT2D eigenvalue weighted by Crippen LogP contribution is -2.31. The number of ether oxygens (including phenoxy) is 2. The zero-order valence-corrected chi connectivity index (χ0v) is 27.1. The van der Waals surface area contributed by atoms with Crippen molar-refractivity contribution in [1.82, 2.24) is 15.3 Å². The molecule has 4 aromatic carbocycles. The Labute approximate surface area is 281 Å². The maximum atomic E-state index is 12.5. The molecule has 2 aromatic heterocycles. The number of hydrogen-bond donors (Lipinski definition) is 2. The van der Waals surface area contributed by atoms with E-state index in [4.69, 9.17) is 14.5 Å². The fourth-order valence-corrected chi connectivity index (χ4v) is 7.69. The van der Waals surface area contributed by atoms with Gasteiger partial charge >= 0.3 is 0 Å². The molecule has 0 unspecified atom stereocenters. The van der Waals surface area contributed by atoms with Gasteiger partial charge in [-0.25, -0.2) is 4.98 Å². The highest BCUT2D eigenvalue weighted by molar-refractivity contribution is 8.01. The normalized spacial score (nSPS) is 17.9. The molecule has 1 amide bonds. The minimum absolute atomic E-state index is 0.00820. The molecule has 1 aliphatic rings. The van der Waals surface area contributed by atoms with Crippen molar-refractivity contribution in [2.75, 3.05) is 5.75 Å². The molecule has 3 heterocycles. The first-order chi connectivity index (χ1) is 23.1. The van der Waals surface area contributed by atoms with E-state index in [-0.39, 0.29) is 24.7 Å². The largest absolute Gasteiger partial charge is 0.392 e. The number of aliphatic hydroxyl groups excluding tert-OH is 1. The molecule has 1 fully saturated rings. The topological polar surface area (TPSA) is 93.6 Å². The highest BCUT2D eigenvalue weighted by Gasteiger charge is 2.32. The van der Waals surface area contributed by atoms with Crippen molar-refractivity contribution >= 4 is 39.2 Å². The standard InChI is InChI=1S/C38H33N3O4S2/c42-23-25-10-12-28(13-11-25)34-20-32(24-46-38-41-33-8-1-2-9-35(33)47-38)44-37(45-34)29-16-14-27(15-17-29)30-6-3-5-26(19-30)21-40-36(43)31-7-4-18-39-22-31/h1-19,22,32,34,37,42H,20-21,23-24H2,(H,40,43)/t32-,34+,37+/m0/s1. The van der Waals surface area contributed by atoms with E-state index in [1.54, 1.807) is 47.6 Å². The lowest BCUT2D eigenvalue weighted by atomic mass is 9.99. The number of thioether (sulfide) groups is 1. The van der Waals surface area contributed by atoms with Gasteiger partial charge in [-0.1, -0.05) is 90.6 Å². The van der Waals surface area contributed by atoms with Crippen molar-refractivity contribution in [2.24, 2.45) is 0 Å². The number of amides is 1. The first-order valence-corrected chi connectivity index (χ1v) is 17.3. The summed E-state index contributed by atoms with van der Waals surface area (Å²) in [4.78, 5) is 21.3. The van der Waals surface area contributed by atoms with Crippen LogP contribution in [0.15, 0.2) is 126 Å². The molecule has 7 nitrogen and oxygen atoms in total. The average Bonchev–Trinajstić information content (AvgIpc) is 3.57. The van der Waals surface area contributed by atoms with Crippen molar-refractivity contribution in [3.05, 3.63) is 149 Å². The molecular weight excluding hydrogens is 627 g/mol. The minimum atomic E-state index is -0.532. The summed E-state index contributed by atoms with van der Waals surface area (Å²) >= 11 is 3.43. The third-order valence-electron chi connectivity index (χ3n) is 8.10. The Morgan fingerprint density at radius 3 is 2.49 bits per heavy atom. The summed E-state index contributed by atoms with van der Waals surface area (Å²) in [5, 5.41) is 12.5. The summed E-state index contributed by atoms with van der Waals surface area (Å²) in [6.45, 7) is 0.425. The van der Waals surface area contributed by atoms with Gasteiger partial charge in [-0.05, 0) is 58.1 Å². The molecule has 0 spiro atoms. The van der Waals surface area contributed by atoms with Crippen molar-refractivity contribution in [3.63, 3.8) is 0 Å². The van der Waals surface area contributed by atoms with Crippen LogP contribution in [0, 0.1) is 0 Å². The number of pyridine rings is 1. The van der Waals surface area contributed by atoms with Crippen molar-refractivity contribution in [3.8, 4) is 11.1 Å². The quantitative estimate of drug-likeness (QED) is 0.144. The van der Waals surface area contributed by atoms with E-state index in [9.17, 15) is 9.90 Å². The van der Waals surface area contributed by atoms with Crippen molar-refractivity contribution in [2.45, 2.75) is 42.4 Å². The van der Waals surface area contributed by atoms with Crippen molar-refractivity contribution in [1.29, 1.82) is 0 Å². The number of aliphatic hydroxyl groups is 1. The number of hydrogen-bond acceptors (Lipinski definition) is 8. The Hall–Kier alpha value is -4.38. The van der Waals surface area contributed by atoms with Gasteiger partial charge in [0.15, 0.2) is 10.6 Å². The summed E-state index contributed by atoms with van der Waals surface area (Å²) in [6, 6.07) is 36.1. The maximum absolute atomic E-state index is 12.5. The second-order valence-corrected chi connectivity index (χ2v) is 13.7. The number of carbonyl (C=O) groups excluding carboxylic acids is 1.